The average Bonchev–Trinajstić information content (AvgIpc) is 3.22. The summed E-state index contributed by atoms with van der Waals surface area (Å²) < 4.78 is 2.01. The van der Waals surface area contributed by atoms with Crippen LogP contribution in [0.1, 0.15) is 74.5 Å². The van der Waals surface area contributed by atoms with E-state index >= 15 is 0 Å². The molecule has 5 nitrogen and oxygen atoms in total. The van der Waals surface area contributed by atoms with Crippen molar-refractivity contribution >= 4 is 16.3 Å². The molecule has 21 heavy (non-hydrogen) atoms. The van der Waals surface area contributed by atoms with Crippen LogP contribution in [0.3, 0.4) is 0 Å². The summed E-state index contributed by atoms with van der Waals surface area (Å²) in [5.74, 6) is 1.65. The second-order valence-corrected chi connectivity index (χ2v) is 7.49. The Morgan fingerprint density at radius 2 is 1.76 bits per heavy atom. The summed E-state index contributed by atoms with van der Waals surface area (Å²) in [4.78, 5) is 0.957. The van der Waals surface area contributed by atoms with Crippen molar-refractivity contribution in [3.05, 3.63) is 10.8 Å². The van der Waals surface area contributed by atoms with E-state index in [1.165, 1.54) is 57.8 Å². The van der Waals surface area contributed by atoms with Gasteiger partial charge in [-0.25, -0.2) is 0 Å². The van der Waals surface area contributed by atoms with Gasteiger partial charge in [-0.1, -0.05) is 43.4 Å². The van der Waals surface area contributed by atoms with Crippen molar-refractivity contribution in [3.63, 3.8) is 0 Å². The minimum atomic E-state index is 0.562. The van der Waals surface area contributed by atoms with Crippen LogP contribution in [-0.4, -0.2) is 25.9 Å². The van der Waals surface area contributed by atoms with E-state index in [1.54, 1.807) is 11.3 Å². The molecule has 0 unspecified atom stereocenters. The average molecular weight is 305 g/mol. The second-order valence-electron chi connectivity index (χ2n) is 6.45. The van der Waals surface area contributed by atoms with Gasteiger partial charge in [-0.05, 0) is 25.7 Å². The van der Waals surface area contributed by atoms with Crippen molar-refractivity contribution in [2.75, 3.05) is 0 Å². The van der Waals surface area contributed by atoms with Crippen LogP contribution >= 0.6 is 11.3 Å². The largest absolute Gasteiger partial charge is 0.308 e. The first-order valence-corrected chi connectivity index (χ1v) is 9.16. The van der Waals surface area contributed by atoms with E-state index in [2.05, 4.69) is 15.5 Å². The van der Waals surface area contributed by atoms with Gasteiger partial charge in [-0.2, -0.15) is 9.61 Å². The molecule has 0 aromatic carbocycles. The number of hydrogen-bond donors (Lipinski definition) is 1. The van der Waals surface area contributed by atoms with Gasteiger partial charge in [0, 0.05) is 18.5 Å². The number of fused-ring (bicyclic) bond motifs is 1. The lowest BCUT2D eigenvalue weighted by Gasteiger charge is -2.18. The van der Waals surface area contributed by atoms with E-state index in [0.717, 1.165) is 22.3 Å². The van der Waals surface area contributed by atoms with Crippen LogP contribution in [-0.2, 0) is 6.54 Å². The Morgan fingerprint density at radius 1 is 1.00 bits per heavy atom. The third-order valence-electron chi connectivity index (χ3n) is 4.92. The van der Waals surface area contributed by atoms with E-state index in [1.807, 2.05) is 4.52 Å². The molecule has 0 saturated heterocycles. The molecule has 114 valence electrons. The first-order valence-electron chi connectivity index (χ1n) is 8.34. The second kappa shape index (κ2) is 6.01. The molecule has 4 rings (SSSR count). The van der Waals surface area contributed by atoms with Gasteiger partial charge in [0.05, 0.1) is 0 Å². The Hall–Kier alpha value is -1.01. The lowest BCUT2D eigenvalue weighted by Crippen LogP contribution is -2.25. The summed E-state index contributed by atoms with van der Waals surface area (Å²) in [6.45, 7) is 0.878. The first-order chi connectivity index (χ1) is 10.4. The molecule has 2 heterocycles. The Kier molecular flexibility index (Phi) is 3.90. The molecule has 6 heteroatoms. The van der Waals surface area contributed by atoms with Gasteiger partial charge >= 0.3 is 0 Å². The van der Waals surface area contributed by atoms with Crippen molar-refractivity contribution in [2.24, 2.45) is 0 Å². The van der Waals surface area contributed by atoms with Crippen molar-refractivity contribution in [1.82, 2.24) is 25.1 Å². The zero-order chi connectivity index (χ0) is 14.1. The fraction of sp³-hybridized carbons (Fsp3) is 0.800. The maximum absolute atomic E-state index is 4.76. The van der Waals surface area contributed by atoms with Crippen molar-refractivity contribution in [2.45, 2.75) is 76.3 Å². The van der Waals surface area contributed by atoms with Crippen LogP contribution in [0.15, 0.2) is 0 Å². The standard InChI is InChI=1S/C15H23N5S/c1-2-6-11(7-3-1)14-17-18-15-20(14)19-13(21-15)10-16-12-8-4-5-9-12/h11-12,16H,1-10H2. The molecule has 0 radical (unpaired) electrons. The van der Waals surface area contributed by atoms with Crippen LogP contribution in [0.5, 0.6) is 0 Å². The van der Waals surface area contributed by atoms with Gasteiger partial charge in [-0.15, -0.1) is 10.2 Å². The molecule has 2 fully saturated rings. The van der Waals surface area contributed by atoms with Crippen LogP contribution in [0.25, 0.3) is 4.96 Å². The Bertz CT molecular complexity index is 592. The molecular formula is C15H23N5S. The Morgan fingerprint density at radius 3 is 2.57 bits per heavy atom. The highest BCUT2D eigenvalue weighted by molar-refractivity contribution is 7.16. The Labute approximate surface area is 129 Å². The van der Waals surface area contributed by atoms with E-state index in [4.69, 9.17) is 5.10 Å². The van der Waals surface area contributed by atoms with Gasteiger partial charge in [0.1, 0.15) is 5.01 Å². The summed E-state index contributed by atoms with van der Waals surface area (Å²) in [5.41, 5.74) is 0. The summed E-state index contributed by atoms with van der Waals surface area (Å²) in [5, 5.41) is 18.3. The number of nitrogens with one attached hydrogen (secondary N) is 1. The molecule has 2 aliphatic carbocycles. The summed E-state index contributed by atoms with van der Waals surface area (Å²) in [6.07, 6.45) is 11.9. The van der Waals surface area contributed by atoms with Gasteiger partial charge in [0.25, 0.3) is 0 Å². The smallest absolute Gasteiger partial charge is 0.234 e. The van der Waals surface area contributed by atoms with Crippen molar-refractivity contribution in [1.29, 1.82) is 0 Å². The van der Waals surface area contributed by atoms with Crippen LogP contribution in [0, 0.1) is 0 Å². The highest BCUT2D eigenvalue weighted by Crippen LogP contribution is 2.32. The third kappa shape index (κ3) is 2.83. The molecular weight excluding hydrogens is 282 g/mol. The summed E-state index contributed by atoms with van der Waals surface area (Å²) >= 11 is 1.68. The highest BCUT2D eigenvalue weighted by atomic mass is 32.1. The Balaban J connectivity index is 1.48. The highest BCUT2D eigenvalue weighted by Gasteiger charge is 2.23. The normalized spacial score (nSPS) is 21.5. The molecule has 2 aromatic heterocycles. The van der Waals surface area contributed by atoms with Crippen LogP contribution < -0.4 is 5.32 Å². The first kappa shape index (κ1) is 13.6. The third-order valence-corrected chi connectivity index (χ3v) is 5.82. The fourth-order valence-corrected chi connectivity index (χ4v) is 4.51. The molecule has 0 bridgehead atoms. The summed E-state index contributed by atoms with van der Waals surface area (Å²) in [7, 11) is 0. The minimum absolute atomic E-state index is 0.562. The SMILES string of the molecule is C1CCC(c2nnc3sc(CNC4CCCC4)nn23)CC1. The number of rotatable bonds is 4. The molecule has 0 spiro atoms. The van der Waals surface area contributed by atoms with Gasteiger partial charge in [0.15, 0.2) is 5.82 Å². The van der Waals surface area contributed by atoms with Crippen molar-refractivity contribution in [3.8, 4) is 0 Å². The van der Waals surface area contributed by atoms with E-state index in [0.29, 0.717) is 12.0 Å². The van der Waals surface area contributed by atoms with E-state index in [-0.39, 0.29) is 0 Å². The molecule has 1 N–H and O–H groups in total. The number of nitrogens with zero attached hydrogens (tertiary/aromatic N) is 4. The zero-order valence-corrected chi connectivity index (χ0v) is 13.2. The minimum Gasteiger partial charge on any atom is -0.308 e. The van der Waals surface area contributed by atoms with Crippen LogP contribution in [0.4, 0.5) is 0 Å². The zero-order valence-electron chi connectivity index (χ0n) is 12.4. The van der Waals surface area contributed by atoms with Crippen molar-refractivity contribution < 1.29 is 0 Å². The number of aromatic nitrogens is 4. The van der Waals surface area contributed by atoms with Gasteiger partial charge in [-0.3, -0.25) is 0 Å². The van der Waals surface area contributed by atoms with Gasteiger partial charge in [0.2, 0.25) is 4.96 Å². The quantitative estimate of drug-likeness (QED) is 0.942. The maximum atomic E-state index is 4.76. The topological polar surface area (TPSA) is 55.1 Å². The predicted molar refractivity (Wildman–Crippen MR) is 83.6 cm³/mol. The lowest BCUT2D eigenvalue weighted by molar-refractivity contribution is 0.422. The van der Waals surface area contributed by atoms with E-state index in [9.17, 15) is 0 Å². The molecule has 2 saturated carbocycles. The monoisotopic (exact) mass is 305 g/mol. The molecule has 2 aliphatic rings. The number of hydrogen-bond acceptors (Lipinski definition) is 5. The molecule has 2 aromatic rings. The summed E-state index contributed by atoms with van der Waals surface area (Å²) in [6, 6.07) is 0.692. The predicted octanol–water partition coefficient (Wildman–Crippen LogP) is 3.27. The molecule has 0 amide bonds. The lowest BCUT2D eigenvalue weighted by atomic mass is 9.89. The fourth-order valence-electron chi connectivity index (χ4n) is 3.72. The van der Waals surface area contributed by atoms with Gasteiger partial charge < -0.3 is 5.32 Å². The van der Waals surface area contributed by atoms with Crippen LogP contribution in [0.2, 0.25) is 0 Å². The molecule has 0 atom stereocenters. The van der Waals surface area contributed by atoms with E-state index < -0.39 is 0 Å². The molecule has 0 aliphatic heterocycles. The maximum Gasteiger partial charge on any atom is 0.234 e.